The number of nitrogens with one attached hydrogen (secondary N) is 2. The molecule has 0 fully saturated rings. The number of hydrogen-bond donors (Lipinski definition) is 2. The van der Waals surface area contributed by atoms with Crippen LogP contribution in [-0.4, -0.2) is 26.0 Å². The van der Waals surface area contributed by atoms with Crippen LogP contribution in [0.4, 0.5) is 18.9 Å². The van der Waals surface area contributed by atoms with Crippen molar-refractivity contribution in [3.63, 3.8) is 0 Å². The van der Waals surface area contributed by atoms with Crippen molar-refractivity contribution in [3.8, 4) is 0 Å². The van der Waals surface area contributed by atoms with Crippen LogP contribution in [-0.2, 0) is 23.1 Å². The minimum atomic E-state index is -4.42. The lowest BCUT2D eigenvalue weighted by Gasteiger charge is -2.08. The number of rotatable bonds is 7. The monoisotopic (exact) mass is 475 g/mol. The number of carbonyl (C=O) groups is 1. The number of halogens is 3. The van der Waals surface area contributed by atoms with Crippen molar-refractivity contribution in [3.05, 3.63) is 64.8 Å². The van der Waals surface area contributed by atoms with E-state index >= 15 is 0 Å². The Morgan fingerprint density at radius 3 is 2.58 bits per heavy atom. The zero-order valence-electron chi connectivity index (χ0n) is 17.8. The molecule has 0 aliphatic carbocycles. The third kappa shape index (κ3) is 5.72. The van der Waals surface area contributed by atoms with Gasteiger partial charge in [0.25, 0.3) is 0 Å². The molecular weight excluding hydrogens is 455 g/mol. The molecule has 4 aromatic rings. The first-order valence-electron chi connectivity index (χ1n) is 10.1. The summed E-state index contributed by atoms with van der Waals surface area (Å²) in [6.45, 7) is 4.09. The predicted molar refractivity (Wildman–Crippen MR) is 118 cm³/mol. The van der Waals surface area contributed by atoms with Crippen LogP contribution < -0.4 is 5.32 Å². The van der Waals surface area contributed by atoms with Crippen LogP contribution in [0, 0.1) is 13.8 Å². The van der Waals surface area contributed by atoms with Gasteiger partial charge in [-0.1, -0.05) is 16.9 Å². The highest BCUT2D eigenvalue weighted by Gasteiger charge is 2.30. The number of nitrogens with zero attached hydrogens (tertiary/aromatic N) is 3. The van der Waals surface area contributed by atoms with E-state index in [1.807, 2.05) is 19.9 Å². The van der Waals surface area contributed by atoms with Gasteiger partial charge < -0.3 is 14.8 Å². The summed E-state index contributed by atoms with van der Waals surface area (Å²) in [4.78, 5) is 24.2. The van der Waals surface area contributed by atoms with E-state index in [9.17, 15) is 18.0 Å². The van der Waals surface area contributed by atoms with E-state index < -0.39 is 11.7 Å². The van der Waals surface area contributed by atoms with Crippen molar-refractivity contribution in [2.24, 2.45) is 0 Å². The maximum atomic E-state index is 12.6. The van der Waals surface area contributed by atoms with Gasteiger partial charge >= 0.3 is 6.18 Å². The molecule has 172 valence electrons. The Kier molecular flexibility index (Phi) is 6.41. The van der Waals surface area contributed by atoms with Crippen LogP contribution in [0.5, 0.6) is 0 Å². The second-order valence-electron chi connectivity index (χ2n) is 7.51. The fourth-order valence-corrected chi connectivity index (χ4v) is 3.81. The fraction of sp³-hybridized carbons (Fsp3) is 0.273. The van der Waals surface area contributed by atoms with E-state index in [4.69, 9.17) is 4.52 Å². The zero-order valence-corrected chi connectivity index (χ0v) is 18.6. The first-order chi connectivity index (χ1) is 15.7. The third-order valence-corrected chi connectivity index (χ3v) is 5.85. The first-order valence-corrected chi connectivity index (χ1v) is 11.0. The topological polar surface area (TPSA) is 96.7 Å². The molecule has 33 heavy (non-hydrogen) atoms. The summed E-state index contributed by atoms with van der Waals surface area (Å²) in [6.07, 6.45) is -4.15. The Morgan fingerprint density at radius 1 is 1.12 bits per heavy atom. The van der Waals surface area contributed by atoms with Crippen LogP contribution in [0.25, 0.3) is 11.0 Å². The number of aromatic amines is 1. The highest BCUT2D eigenvalue weighted by molar-refractivity contribution is 7.98. The lowest BCUT2D eigenvalue weighted by molar-refractivity contribution is -0.137. The van der Waals surface area contributed by atoms with E-state index in [1.54, 1.807) is 0 Å². The van der Waals surface area contributed by atoms with Gasteiger partial charge in [0.05, 0.1) is 22.3 Å². The molecular formula is C22H20F3N5O2S. The van der Waals surface area contributed by atoms with Gasteiger partial charge in [0, 0.05) is 18.5 Å². The van der Waals surface area contributed by atoms with Crippen molar-refractivity contribution >= 4 is 34.4 Å². The lowest BCUT2D eigenvalue weighted by atomic mass is 10.1. The molecule has 0 unspecified atom stereocenters. The highest BCUT2D eigenvalue weighted by atomic mass is 32.2. The molecule has 0 saturated carbocycles. The maximum absolute atomic E-state index is 12.6. The Bertz CT molecular complexity index is 1240. The zero-order chi connectivity index (χ0) is 23.6. The Labute approximate surface area is 191 Å². The van der Waals surface area contributed by atoms with E-state index in [0.717, 1.165) is 28.3 Å². The summed E-state index contributed by atoms with van der Waals surface area (Å²) in [6, 6.07) is 8.36. The third-order valence-electron chi connectivity index (χ3n) is 4.99. The van der Waals surface area contributed by atoms with E-state index in [-0.39, 0.29) is 24.4 Å². The summed E-state index contributed by atoms with van der Waals surface area (Å²) in [5.74, 6) is 0.866. The van der Waals surface area contributed by atoms with Gasteiger partial charge in [0.15, 0.2) is 11.0 Å². The largest absolute Gasteiger partial charge is 0.416 e. The van der Waals surface area contributed by atoms with Crippen LogP contribution >= 0.6 is 11.8 Å². The number of carbonyl (C=O) groups excluding carboxylic acids is 1. The van der Waals surface area contributed by atoms with Crippen LogP contribution in [0.1, 0.15) is 34.8 Å². The number of alkyl halides is 3. The number of aryl methyl sites for hydroxylation is 3. The summed E-state index contributed by atoms with van der Waals surface area (Å²) in [5, 5.41) is 7.22. The van der Waals surface area contributed by atoms with Crippen molar-refractivity contribution in [2.45, 2.75) is 43.8 Å². The standard InChI is InChI=1S/C22H20F3N5O2S/c1-12-9-16-17(10-13(12)2)28-21(27-16)33-11-18-29-20(32-30-18)8-7-19(31)26-15-5-3-14(4-6-15)22(23,24)25/h3-6,9-10H,7-8,11H2,1-2H3,(H,26,31)(H,27,28). The quantitative estimate of drug-likeness (QED) is 0.345. The number of hydrogen-bond acceptors (Lipinski definition) is 6. The second kappa shape index (κ2) is 9.26. The molecule has 2 aromatic heterocycles. The number of fused-ring (bicyclic) bond motifs is 1. The molecule has 11 heteroatoms. The van der Waals surface area contributed by atoms with E-state index in [1.165, 1.54) is 35.0 Å². The molecule has 0 bridgehead atoms. The van der Waals surface area contributed by atoms with E-state index in [0.29, 0.717) is 17.5 Å². The predicted octanol–water partition coefficient (Wildman–Crippen LogP) is 5.45. The summed E-state index contributed by atoms with van der Waals surface area (Å²) >= 11 is 1.44. The van der Waals surface area contributed by atoms with Gasteiger partial charge in [0.1, 0.15) is 0 Å². The molecule has 0 saturated heterocycles. The minimum absolute atomic E-state index is 0.0536. The summed E-state index contributed by atoms with van der Waals surface area (Å²) in [5.41, 5.74) is 3.74. The number of amides is 1. The molecule has 0 radical (unpaired) electrons. The molecule has 2 heterocycles. The molecule has 2 aromatic carbocycles. The van der Waals surface area contributed by atoms with Crippen molar-refractivity contribution in [1.82, 2.24) is 20.1 Å². The fourth-order valence-electron chi connectivity index (χ4n) is 3.08. The molecule has 0 spiro atoms. The Hall–Kier alpha value is -3.34. The van der Waals surface area contributed by atoms with Crippen LogP contribution in [0.15, 0.2) is 46.1 Å². The lowest BCUT2D eigenvalue weighted by Crippen LogP contribution is -2.13. The van der Waals surface area contributed by atoms with Crippen LogP contribution in [0.2, 0.25) is 0 Å². The number of aromatic nitrogens is 4. The van der Waals surface area contributed by atoms with E-state index in [2.05, 4.69) is 31.5 Å². The smallest absolute Gasteiger partial charge is 0.339 e. The highest BCUT2D eigenvalue weighted by Crippen LogP contribution is 2.30. The minimum Gasteiger partial charge on any atom is -0.339 e. The number of benzene rings is 2. The van der Waals surface area contributed by atoms with Gasteiger partial charge in [-0.3, -0.25) is 4.79 Å². The average Bonchev–Trinajstić information content (AvgIpc) is 3.37. The second-order valence-corrected chi connectivity index (χ2v) is 8.48. The SMILES string of the molecule is Cc1cc2nc(SCc3noc(CCC(=O)Nc4ccc(C(F)(F)F)cc4)n3)[nH]c2cc1C. The van der Waals surface area contributed by atoms with Gasteiger partial charge in [0.2, 0.25) is 11.8 Å². The molecule has 0 atom stereocenters. The molecule has 2 N–H and O–H groups in total. The average molecular weight is 475 g/mol. The van der Waals surface area contributed by atoms with Crippen LogP contribution in [0.3, 0.4) is 0 Å². The Morgan fingerprint density at radius 2 is 1.85 bits per heavy atom. The van der Waals surface area contributed by atoms with Gasteiger partial charge in [-0.2, -0.15) is 18.2 Å². The normalized spacial score (nSPS) is 11.8. The Balaban J connectivity index is 1.27. The number of anilines is 1. The van der Waals surface area contributed by atoms with Gasteiger partial charge in [-0.15, -0.1) is 0 Å². The molecule has 0 aliphatic heterocycles. The van der Waals surface area contributed by atoms with Crippen molar-refractivity contribution in [2.75, 3.05) is 5.32 Å². The number of imidazole rings is 1. The summed E-state index contributed by atoms with van der Waals surface area (Å²) < 4.78 is 43.0. The summed E-state index contributed by atoms with van der Waals surface area (Å²) in [7, 11) is 0. The molecule has 0 aliphatic rings. The van der Waals surface area contributed by atoms with Gasteiger partial charge in [-0.05, 0) is 61.4 Å². The molecule has 4 rings (SSSR count). The first kappa shape index (κ1) is 22.8. The van der Waals surface area contributed by atoms with Crippen molar-refractivity contribution in [1.29, 1.82) is 0 Å². The number of H-pyrrole nitrogens is 1. The maximum Gasteiger partial charge on any atom is 0.416 e. The molecule has 1 amide bonds. The van der Waals surface area contributed by atoms with Crippen molar-refractivity contribution < 1.29 is 22.5 Å². The molecule has 7 nitrogen and oxygen atoms in total. The number of thioether (sulfide) groups is 1. The van der Waals surface area contributed by atoms with Gasteiger partial charge in [-0.25, -0.2) is 4.98 Å².